The second-order valence-corrected chi connectivity index (χ2v) is 6.19. The molecule has 0 spiro atoms. The summed E-state index contributed by atoms with van der Waals surface area (Å²) in [4.78, 5) is 14.6. The SMILES string of the molecule is CN(C(=O)c1cc(-c2ccccc2)no1)c1ccccc1-c1ccccc1. The number of hydrogen-bond donors (Lipinski definition) is 0. The van der Waals surface area contributed by atoms with E-state index >= 15 is 0 Å². The largest absolute Gasteiger partial charge is 0.350 e. The second-order valence-electron chi connectivity index (χ2n) is 6.19. The molecule has 1 amide bonds. The van der Waals surface area contributed by atoms with Gasteiger partial charge < -0.3 is 9.42 Å². The number of hydrogen-bond acceptors (Lipinski definition) is 3. The van der Waals surface area contributed by atoms with Gasteiger partial charge >= 0.3 is 0 Å². The normalized spacial score (nSPS) is 10.6. The molecule has 4 nitrogen and oxygen atoms in total. The molecule has 132 valence electrons. The Bertz CT molecular complexity index is 1060. The molecule has 0 atom stereocenters. The molecule has 1 aromatic heterocycles. The number of rotatable bonds is 4. The van der Waals surface area contributed by atoms with E-state index in [4.69, 9.17) is 4.52 Å². The first-order valence-electron chi connectivity index (χ1n) is 8.68. The van der Waals surface area contributed by atoms with Crippen molar-refractivity contribution in [2.75, 3.05) is 11.9 Å². The zero-order valence-corrected chi connectivity index (χ0v) is 14.9. The number of carbonyl (C=O) groups excluding carboxylic acids is 1. The van der Waals surface area contributed by atoms with Gasteiger partial charge in [0.1, 0.15) is 5.69 Å². The molecule has 1 heterocycles. The summed E-state index contributed by atoms with van der Waals surface area (Å²) in [6.45, 7) is 0. The smallest absolute Gasteiger partial charge is 0.296 e. The fraction of sp³-hybridized carbons (Fsp3) is 0.0435. The van der Waals surface area contributed by atoms with Crippen LogP contribution in [0.5, 0.6) is 0 Å². The molecule has 0 bridgehead atoms. The number of amides is 1. The maximum absolute atomic E-state index is 13.0. The van der Waals surface area contributed by atoms with Gasteiger partial charge in [0, 0.05) is 24.2 Å². The molecule has 0 N–H and O–H groups in total. The molecule has 27 heavy (non-hydrogen) atoms. The molecule has 0 radical (unpaired) electrons. The summed E-state index contributed by atoms with van der Waals surface area (Å²) in [5, 5.41) is 4.04. The van der Waals surface area contributed by atoms with E-state index < -0.39 is 0 Å². The van der Waals surface area contributed by atoms with Gasteiger partial charge in [-0.25, -0.2) is 0 Å². The second kappa shape index (κ2) is 7.30. The molecule has 0 saturated carbocycles. The Labute approximate surface area is 157 Å². The molecule has 0 aliphatic rings. The van der Waals surface area contributed by atoms with Crippen LogP contribution in [0.2, 0.25) is 0 Å². The lowest BCUT2D eigenvalue weighted by atomic mass is 10.0. The van der Waals surface area contributed by atoms with Crippen molar-refractivity contribution >= 4 is 11.6 Å². The highest BCUT2D eigenvalue weighted by Gasteiger charge is 2.21. The van der Waals surface area contributed by atoms with Crippen molar-refractivity contribution < 1.29 is 9.32 Å². The minimum atomic E-state index is -0.243. The predicted molar refractivity (Wildman–Crippen MR) is 107 cm³/mol. The van der Waals surface area contributed by atoms with Crippen LogP contribution in [0, 0.1) is 0 Å². The number of nitrogens with zero attached hydrogens (tertiary/aromatic N) is 2. The fourth-order valence-corrected chi connectivity index (χ4v) is 3.02. The summed E-state index contributed by atoms with van der Waals surface area (Å²) in [5.41, 5.74) is 4.40. The summed E-state index contributed by atoms with van der Waals surface area (Å²) in [6.07, 6.45) is 0. The molecule has 0 saturated heterocycles. The van der Waals surface area contributed by atoms with Gasteiger partial charge in [0.05, 0.1) is 5.69 Å². The first kappa shape index (κ1) is 16.8. The van der Waals surface area contributed by atoms with Gasteiger partial charge in [-0.15, -0.1) is 0 Å². The Kier molecular flexibility index (Phi) is 4.54. The van der Waals surface area contributed by atoms with Crippen molar-refractivity contribution in [1.82, 2.24) is 5.16 Å². The molecular formula is C23H18N2O2. The van der Waals surface area contributed by atoms with Crippen LogP contribution in [0.25, 0.3) is 22.4 Å². The van der Waals surface area contributed by atoms with Crippen molar-refractivity contribution in [3.63, 3.8) is 0 Å². The Morgan fingerprint density at radius 1 is 0.815 bits per heavy atom. The molecular weight excluding hydrogens is 336 g/mol. The highest BCUT2D eigenvalue weighted by atomic mass is 16.5. The zero-order chi connectivity index (χ0) is 18.6. The van der Waals surface area contributed by atoms with Gasteiger partial charge in [0.2, 0.25) is 5.76 Å². The van der Waals surface area contributed by atoms with Crippen LogP contribution in [0.15, 0.2) is 95.5 Å². The van der Waals surface area contributed by atoms with Gasteiger partial charge in [-0.05, 0) is 11.6 Å². The minimum Gasteiger partial charge on any atom is -0.350 e. The Morgan fingerprint density at radius 2 is 1.41 bits per heavy atom. The van der Waals surface area contributed by atoms with Crippen molar-refractivity contribution in [2.24, 2.45) is 0 Å². The lowest BCUT2D eigenvalue weighted by molar-refractivity contribution is 0.0957. The summed E-state index contributed by atoms with van der Waals surface area (Å²) < 4.78 is 5.33. The highest BCUT2D eigenvalue weighted by molar-refractivity contribution is 6.06. The molecule has 4 heteroatoms. The van der Waals surface area contributed by atoms with E-state index in [2.05, 4.69) is 5.16 Å². The van der Waals surface area contributed by atoms with Crippen LogP contribution in [-0.2, 0) is 0 Å². The number of anilines is 1. The molecule has 0 fully saturated rings. The summed E-state index contributed by atoms with van der Waals surface area (Å²) in [7, 11) is 1.74. The van der Waals surface area contributed by atoms with E-state index in [9.17, 15) is 4.79 Å². The van der Waals surface area contributed by atoms with Crippen LogP contribution in [0.3, 0.4) is 0 Å². The van der Waals surface area contributed by atoms with Crippen LogP contribution in [0.1, 0.15) is 10.6 Å². The van der Waals surface area contributed by atoms with Crippen LogP contribution >= 0.6 is 0 Å². The topological polar surface area (TPSA) is 46.3 Å². The average Bonchev–Trinajstić information content (AvgIpc) is 3.24. The number of para-hydroxylation sites is 1. The van der Waals surface area contributed by atoms with Gasteiger partial charge in [0.15, 0.2) is 0 Å². The molecule has 4 rings (SSSR count). The van der Waals surface area contributed by atoms with Crippen molar-refractivity contribution in [2.45, 2.75) is 0 Å². The quantitative estimate of drug-likeness (QED) is 0.500. The number of carbonyl (C=O) groups is 1. The van der Waals surface area contributed by atoms with Crippen LogP contribution < -0.4 is 4.90 Å². The van der Waals surface area contributed by atoms with Crippen molar-refractivity contribution in [1.29, 1.82) is 0 Å². The molecule has 0 unspecified atom stereocenters. The summed E-state index contributed by atoms with van der Waals surface area (Å²) in [5.74, 6) is -0.0349. The van der Waals surface area contributed by atoms with Crippen molar-refractivity contribution in [3.8, 4) is 22.4 Å². The first-order valence-corrected chi connectivity index (χ1v) is 8.68. The summed E-state index contributed by atoms with van der Waals surface area (Å²) in [6, 6.07) is 29.1. The third-order valence-corrected chi connectivity index (χ3v) is 4.45. The zero-order valence-electron chi connectivity index (χ0n) is 14.9. The Hall–Kier alpha value is -3.66. The molecule has 0 aliphatic heterocycles. The van der Waals surface area contributed by atoms with E-state index in [1.807, 2.05) is 84.9 Å². The van der Waals surface area contributed by atoms with Gasteiger partial charge in [0.25, 0.3) is 5.91 Å². The predicted octanol–water partition coefficient (Wildman–Crippen LogP) is 5.29. The van der Waals surface area contributed by atoms with E-state index in [1.165, 1.54) is 0 Å². The molecule has 3 aromatic carbocycles. The minimum absolute atomic E-state index is 0.208. The third-order valence-electron chi connectivity index (χ3n) is 4.45. The summed E-state index contributed by atoms with van der Waals surface area (Å²) >= 11 is 0. The van der Waals surface area contributed by atoms with Gasteiger partial charge in [-0.1, -0.05) is 84.0 Å². The van der Waals surface area contributed by atoms with Crippen LogP contribution in [0.4, 0.5) is 5.69 Å². The maximum Gasteiger partial charge on any atom is 0.296 e. The lowest BCUT2D eigenvalue weighted by Crippen LogP contribution is -2.26. The first-order chi connectivity index (χ1) is 13.2. The average molecular weight is 354 g/mol. The Balaban J connectivity index is 1.65. The van der Waals surface area contributed by atoms with E-state index in [0.29, 0.717) is 5.69 Å². The standard InChI is InChI=1S/C23H18N2O2/c1-25(21-15-9-8-14-19(21)17-10-4-2-5-11-17)23(26)22-16-20(24-27-22)18-12-6-3-7-13-18/h2-16H,1H3. The van der Waals surface area contributed by atoms with E-state index in [1.54, 1.807) is 18.0 Å². The molecule has 4 aromatic rings. The van der Waals surface area contributed by atoms with E-state index in [-0.39, 0.29) is 11.7 Å². The van der Waals surface area contributed by atoms with E-state index in [0.717, 1.165) is 22.4 Å². The maximum atomic E-state index is 13.0. The number of aromatic nitrogens is 1. The third kappa shape index (κ3) is 3.37. The molecule has 0 aliphatic carbocycles. The monoisotopic (exact) mass is 354 g/mol. The Morgan fingerprint density at radius 3 is 2.11 bits per heavy atom. The van der Waals surface area contributed by atoms with Gasteiger partial charge in [-0.2, -0.15) is 0 Å². The highest BCUT2D eigenvalue weighted by Crippen LogP contribution is 2.31. The van der Waals surface area contributed by atoms with Gasteiger partial charge in [-0.3, -0.25) is 4.79 Å². The number of benzene rings is 3. The fourth-order valence-electron chi connectivity index (χ4n) is 3.02. The van der Waals surface area contributed by atoms with Crippen LogP contribution in [-0.4, -0.2) is 18.1 Å². The van der Waals surface area contributed by atoms with Crippen molar-refractivity contribution in [3.05, 3.63) is 96.8 Å². The lowest BCUT2D eigenvalue weighted by Gasteiger charge is -2.19.